The van der Waals surface area contributed by atoms with Gasteiger partial charge in [-0.1, -0.05) is 19.1 Å². The van der Waals surface area contributed by atoms with Crippen molar-refractivity contribution in [1.29, 1.82) is 0 Å². The molecular weight excluding hydrogens is 448 g/mol. The number of hydrogen-bond acceptors (Lipinski definition) is 2. The van der Waals surface area contributed by atoms with Gasteiger partial charge in [-0.05, 0) is 24.1 Å². The minimum Gasteiger partial charge on any atom is -0.356 e. The zero-order valence-electron chi connectivity index (χ0n) is 14.2. The van der Waals surface area contributed by atoms with Crippen molar-refractivity contribution in [2.45, 2.75) is 32.5 Å². The molecule has 0 radical (unpaired) electrons. The molecule has 25 heavy (non-hydrogen) atoms. The smallest absolute Gasteiger partial charge is 0.356 e. The fourth-order valence-corrected chi connectivity index (χ4v) is 1.91. The van der Waals surface area contributed by atoms with E-state index in [0.717, 1.165) is 18.6 Å². The molecule has 1 aromatic rings. The molecule has 0 unspecified atom stereocenters. The maximum atomic E-state index is 12.7. The van der Waals surface area contributed by atoms with E-state index in [1.165, 1.54) is 6.07 Å². The number of guanidine groups is 1. The van der Waals surface area contributed by atoms with E-state index in [1.54, 1.807) is 13.1 Å². The van der Waals surface area contributed by atoms with Gasteiger partial charge in [0.25, 0.3) is 0 Å². The number of amides is 1. The van der Waals surface area contributed by atoms with E-state index in [-0.39, 0.29) is 36.4 Å². The molecule has 0 aliphatic heterocycles. The predicted molar refractivity (Wildman–Crippen MR) is 103 cm³/mol. The van der Waals surface area contributed by atoms with Crippen LogP contribution in [0.5, 0.6) is 0 Å². The lowest BCUT2D eigenvalue weighted by Gasteiger charge is -2.13. The summed E-state index contributed by atoms with van der Waals surface area (Å²) in [5.41, 5.74) is -0.189. The molecule has 0 spiro atoms. The summed E-state index contributed by atoms with van der Waals surface area (Å²) in [5, 5.41) is 8.63. The van der Waals surface area contributed by atoms with Crippen molar-refractivity contribution in [1.82, 2.24) is 16.0 Å². The molecule has 5 nitrogen and oxygen atoms in total. The van der Waals surface area contributed by atoms with Crippen molar-refractivity contribution in [3.8, 4) is 0 Å². The standard InChI is InChI=1S/C16H23F3N4O.HI/c1-3-8-21-14(24)7-9-22-15(20-2)23-11-12-5-4-6-13(10-12)16(17,18)19;/h4-6,10H,3,7-9,11H2,1-2H3,(H,21,24)(H2,20,22,23);1H. The first-order chi connectivity index (χ1) is 11.4. The van der Waals surface area contributed by atoms with Crippen molar-refractivity contribution >= 4 is 35.8 Å². The van der Waals surface area contributed by atoms with Crippen LogP contribution in [0.4, 0.5) is 13.2 Å². The molecule has 1 rings (SSSR count). The molecule has 1 amide bonds. The third-order valence-corrected chi connectivity index (χ3v) is 3.15. The molecule has 0 aliphatic rings. The number of nitrogens with zero attached hydrogens (tertiary/aromatic N) is 1. The fraction of sp³-hybridized carbons (Fsp3) is 0.500. The Labute approximate surface area is 162 Å². The average Bonchev–Trinajstić information content (AvgIpc) is 2.55. The Morgan fingerprint density at radius 3 is 2.48 bits per heavy atom. The van der Waals surface area contributed by atoms with E-state index in [2.05, 4.69) is 20.9 Å². The largest absolute Gasteiger partial charge is 0.416 e. The van der Waals surface area contributed by atoms with Crippen molar-refractivity contribution < 1.29 is 18.0 Å². The number of benzene rings is 1. The summed E-state index contributed by atoms with van der Waals surface area (Å²) >= 11 is 0. The Kier molecular flexibility index (Phi) is 11.2. The molecule has 1 aromatic carbocycles. The van der Waals surface area contributed by atoms with Gasteiger partial charge in [0.05, 0.1) is 5.56 Å². The summed E-state index contributed by atoms with van der Waals surface area (Å²) in [5.74, 6) is 0.369. The number of alkyl halides is 3. The number of carbonyl (C=O) groups excluding carboxylic acids is 1. The van der Waals surface area contributed by atoms with E-state index in [0.29, 0.717) is 31.0 Å². The van der Waals surface area contributed by atoms with Crippen LogP contribution in [0.25, 0.3) is 0 Å². The number of aliphatic imine (C=N–C) groups is 1. The monoisotopic (exact) mass is 472 g/mol. The maximum absolute atomic E-state index is 12.7. The molecule has 0 aliphatic carbocycles. The van der Waals surface area contributed by atoms with E-state index < -0.39 is 11.7 Å². The van der Waals surface area contributed by atoms with E-state index in [9.17, 15) is 18.0 Å². The number of nitrogens with one attached hydrogen (secondary N) is 3. The first-order valence-corrected chi connectivity index (χ1v) is 7.74. The fourth-order valence-electron chi connectivity index (χ4n) is 1.91. The zero-order valence-corrected chi connectivity index (χ0v) is 16.6. The van der Waals surface area contributed by atoms with Crippen LogP contribution in [-0.2, 0) is 17.5 Å². The molecule has 0 aromatic heterocycles. The van der Waals surface area contributed by atoms with Gasteiger partial charge in [-0.2, -0.15) is 13.2 Å². The van der Waals surface area contributed by atoms with E-state index in [1.807, 2.05) is 6.92 Å². The van der Waals surface area contributed by atoms with Crippen LogP contribution in [0, 0.1) is 0 Å². The average molecular weight is 472 g/mol. The Hall–Kier alpha value is -1.52. The van der Waals surface area contributed by atoms with Gasteiger partial charge in [0.15, 0.2) is 5.96 Å². The molecule has 0 heterocycles. The van der Waals surface area contributed by atoms with Crippen LogP contribution in [0.1, 0.15) is 30.9 Å². The molecule has 0 bridgehead atoms. The zero-order chi connectivity index (χ0) is 18.0. The van der Waals surface area contributed by atoms with Gasteiger partial charge in [-0.3, -0.25) is 9.79 Å². The molecule has 142 valence electrons. The molecule has 3 N–H and O–H groups in total. The molecule has 0 saturated carbocycles. The first kappa shape index (κ1) is 23.5. The highest BCUT2D eigenvalue weighted by Gasteiger charge is 2.30. The molecule has 9 heteroatoms. The van der Waals surface area contributed by atoms with Crippen LogP contribution >= 0.6 is 24.0 Å². The summed E-state index contributed by atoms with van der Waals surface area (Å²) < 4.78 is 38.0. The quantitative estimate of drug-likeness (QED) is 0.325. The summed E-state index contributed by atoms with van der Waals surface area (Å²) in [4.78, 5) is 15.4. The highest BCUT2D eigenvalue weighted by Crippen LogP contribution is 2.29. The number of carbonyl (C=O) groups is 1. The van der Waals surface area contributed by atoms with Crippen molar-refractivity contribution in [2.75, 3.05) is 20.1 Å². The summed E-state index contributed by atoms with van der Waals surface area (Å²) in [6.45, 7) is 3.20. The van der Waals surface area contributed by atoms with Crippen molar-refractivity contribution in [3.05, 3.63) is 35.4 Å². The summed E-state index contributed by atoms with van der Waals surface area (Å²) in [7, 11) is 1.55. The van der Waals surface area contributed by atoms with Crippen LogP contribution in [0.15, 0.2) is 29.3 Å². The van der Waals surface area contributed by atoms with Crippen LogP contribution in [0.2, 0.25) is 0 Å². The first-order valence-electron chi connectivity index (χ1n) is 7.74. The van der Waals surface area contributed by atoms with Gasteiger partial charge in [0.2, 0.25) is 5.91 Å². The van der Waals surface area contributed by atoms with Crippen LogP contribution in [-0.4, -0.2) is 32.0 Å². The van der Waals surface area contributed by atoms with Crippen molar-refractivity contribution in [3.63, 3.8) is 0 Å². The highest BCUT2D eigenvalue weighted by molar-refractivity contribution is 14.0. The molecular formula is C16H24F3IN4O. The lowest BCUT2D eigenvalue weighted by molar-refractivity contribution is -0.137. The topological polar surface area (TPSA) is 65.5 Å². The summed E-state index contributed by atoms with van der Waals surface area (Å²) in [6.07, 6.45) is -3.19. The SMILES string of the molecule is CCCNC(=O)CCNC(=NC)NCc1cccc(C(F)(F)F)c1.I. The van der Waals surface area contributed by atoms with Crippen LogP contribution < -0.4 is 16.0 Å². The summed E-state index contributed by atoms with van der Waals surface area (Å²) in [6, 6.07) is 5.10. The van der Waals surface area contributed by atoms with E-state index in [4.69, 9.17) is 0 Å². The molecule has 0 saturated heterocycles. The third kappa shape index (κ3) is 9.51. The molecule has 0 atom stereocenters. The second kappa shape index (κ2) is 11.9. The van der Waals surface area contributed by atoms with E-state index >= 15 is 0 Å². The Morgan fingerprint density at radius 2 is 1.88 bits per heavy atom. The second-order valence-electron chi connectivity index (χ2n) is 5.15. The number of rotatable bonds is 7. The van der Waals surface area contributed by atoms with Crippen LogP contribution in [0.3, 0.4) is 0 Å². The van der Waals surface area contributed by atoms with Gasteiger partial charge in [0, 0.05) is 33.1 Å². The van der Waals surface area contributed by atoms with Gasteiger partial charge >= 0.3 is 6.18 Å². The third-order valence-electron chi connectivity index (χ3n) is 3.15. The van der Waals surface area contributed by atoms with Gasteiger partial charge in [-0.15, -0.1) is 24.0 Å². The number of hydrogen-bond donors (Lipinski definition) is 3. The lowest BCUT2D eigenvalue weighted by Crippen LogP contribution is -2.39. The van der Waals surface area contributed by atoms with Gasteiger partial charge in [-0.25, -0.2) is 0 Å². The second-order valence-corrected chi connectivity index (χ2v) is 5.15. The minimum absolute atomic E-state index is 0. The maximum Gasteiger partial charge on any atom is 0.416 e. The lowest BCUT2D eigenvalue weighted by atomic mass is 10.1. The highest BCUT2D eigenvalue weighted by atomic mass is 127. The van der Waals surface area contributed by atoms with Gasteiger partial charge < -0.3 is 16.0 Å². The minimum atomic E-state index is -4.36. The normalized spacial score (nSPS) is 11.5. The predicted octanol–water partition coefficient (Wildman–Crippen LogP) is 2.90. The molecule has 0 fully saturated rings. The van der Waals surface area contributed by atoms with Gasteiger partial charge in [0.1, 0.15) is 0 Å². The Balaban J connectivity index is 0.00000576. The Morgan fingerprint density at radius 1 is 1.16 bits per heavy atom. The Bertz CT molecular complexity index is 565. The van der Waals surface area contributed by atoms with Crippen molar-refractivity contribution in [2.24, 2.45) is 4.99 Å². The number of halogens is 4.